The molecule has 0 aromatic heterocycles. The molecule has 0 atom stereocenters. The maximum absolute atomic E-state index is 7.61. The molecule has 18 rings (SSSR count). The van der Waals surface area contributed by atoms with Crippen molar-refractivity contribution >= 4 is 259 Å². The first-order valence-electron chi connectivity index (χ1n) is 45.4. The molecule has 0 aliphatic heterocycles. The van der Waals surface area contributed by atoms with Gasteiger partial charge in [0.05, 0.1) is 0 Å². The number of benzene rings is 18. The van der Waals surface area contributed by atoms with Crippen LogP contribution in [0.15, 0.2) is 546 Å². The van der Waals surface area contributed by atoms with E-state index in [1.54, 1.807) is 0 Å². The Morgan fingerprint density at radius 3 is 0.250 bits per heavy atom. The molecule has 0 amide bonds. The van der Waals surface area contributed by atoms with Gasteiger partial charge < -0.3 is 10.0 Å². The Morgan fingerprint density at radius 1 is 0.179 bits per heavy atom. The van der Waals surface area contributed by atoms with Crippen LogP contribution >= 0.6 is 80.1 Å². The van der Waals surface area contributed by atoms with E-state index >= 15 is 0 Å². The molecule has 0 bridgehead atoms. The summed E-state index contributed by atoms with van der Waals surface area (Å²) in [6.07, 6.45) is 0. The van der Waals surface area contributed by atoms with Gasteiger partial charge in [-0.2, -0.15) is 13.5 Å². The van der Waals surface area contributed by atoms with Gasteiger partial charge >= 0.3 is 42.1 Å². The zero-order chi connectivity index (χ0) is 100. The molecule has 21 heteroatoms. The molecule has 0 radical (unpaired) electrons. The molecule has 0 spiro atoms. The molecule has 2 N–H and O–H groups in total. The van der Waals surface area contributed by atoms with Crippen molar-refractivity contribution in [2.24, 2.45) is 0 Å². The van der Waals surface area contributed by atoms with Crippen LogP contribution in [0.25, 0.3) is 0 Å². The summed E-state index contributed by atoms with van der Waals surface area (Å²) in [5, 5.41) is 40.4. The third kappa shape index (κ3) is 50.2. The monoisotopic (exact) mass is 2320 g/mol. The van der Waals surface area contributed by atoms with Crippen molar-refractivity contribution in [3.8, 4) is 0 Å². The normalized spacial score (nSPS) is 9.32. The van der Waals surface area contributed by atoms with Crippen molar-refractivity contribution in [1.29, 1.82) is 0 Å². The Labute approximate surface area is 917 Å². The van der Waals surface area contributed by atoms with Crippen LogP contribution in [0.4, 0.5) is 0 Å². The quantitative estimate of drug-likeness (QED) is 0.0651. The largest absolute Gasteiger partial charge is 0.0622 e. The Hall–Kier alpha value is -7.68. The Balaban J connectivity index is 0.000000800. The SMILES string of the molecule is CB(O)O.CC.CC.CC.CC.CC.S.S=S.S=S.S=S=S.[Cl][Pd][Cl].[Pd].c1ccc(P(c2ccccc2)c2ccccc2)cc1.c1ccc(P(c2ccccc2)c2ccccc2)cc1.c1ccc(P(c2ccccc2)c2ccccc2)cc1.c1ccc(P(c2ccccc2)c2ccccc2)cc1.c1ccc(P(c2ccccc2)c2ccccc2)cc1.c1ccc(P(c2ccccc2)c2ccccc2)cc1. The molecule has 0 aliphatic rings. The fourth-order valence-corrected chi connectivity index (χ4v) is 26.9. The van der Waals surface area contributed by atoms with Gasteiger partial charge in [0.1, 0.15) is 0 Å². The molecule has 18 aromatic rings. The molecule has 0 saturated heterocycles. The summed E-state index contributed by atoms with van der Waals surface area (Å²) in [7, 11) is 6.70. The van der Waals surface area contributed by atoms with Crippen LogP contribution in [0.2, 0.25) is 6.82 Å². The third-order valence-electron chi connectivity index (χ3n) is 18.3. The Bertz CT molecular complexity index is 4380. The summed E-state index contributed by atoms with van der Waals surface area (Å²) in [5.74, 6) is 0. The number of hydrogen-bond donors (Lipinski definition) is 2. The fourth-order valence-electron chi connectivity index (χ4n) is 13.1. The van der Waals surface area contributed by atoms with Crippen molar-refractivity contribution in [1.82, 2.24) is 0 Å². The summed E-state index contributed by atoms with van der Waals surface area (Å²) in [6, 6.07) is 194. The first-order valence-corrected chi connectivity index (χ1v) is 62.8. The minimum atomic E-state index is -1.17. The van der Waals surface area contributed by atoms with Crippen molar-refractivity contribution in [2.45, 2.75) is 76.1 Å². The summed E-state index contributed by atoms with van der Waals surface area (Å²) in [4.78, 5) is 0. The van der Waals surface area contributed by atoms with Crippen molar-refractivity contribution in [3.63, 3.8) is 0 Å². The van der Waals surface area contributed by atoms with Gasteiger partial charge in [0, 0.05) is 96.4 Å². The molecule has 0 saturated carbocycles. The van der Waals surface area contributed by atoms with Crippen molar-refractivity contribution < 1.29 is 46.4 Å². The fraction of sp³-hybridized carbons (Fsp3) is 0.0924. The molecule has 730 valence electrons. The first-order chi connectivity index (χ1) is 68.3. The maximum Gasteiger partial charge on any atom is 0 e. The molecular weight excluding hydrogens is 2200 g/mol. The minimum Gasteiger partial charge on any atom is -0.0622 e. The van der Waals surface area contributed by atoms with E-state index in [9.17, 15) is 0 Å². The zero-order valence-electron chi connectivity index (χ0n) is 80.9. The van der Waals surface area contributed by atoms with Crippen LogP contribution in [0.5, 0.6) is 0 Å². The van der Waals surface area contributed by atoms with E-state index in [4.69, 9.17) is 29.1 Å². The molecule has 0 heterocycles. The molecule has 2 nitrogen and oxygen atoms in total. The van der Waals surface area contributed by atoms with Gasteiger partial charge in [0.15, 0.2) is 0 Å². The van der Waals surface area contributed by atoms with E-state index in [1.165, 1.54) is 102 Å². The van der Waals surface area contributed by atoms with Gasteiger partial charge in [-0.15, -0.1) is 0 Å². The molecule has 0 aliphatic carbocycles. The standard InChI is InChI=1S/6C18H15P.5C2H6.CH5BO2.2ClH.2Pd.S3.2S2.H2S/c6*1-4-10-16(11-5-1)19(17-12-6-2-7-13-17)18-14-8-3-9-15-18;5*1-2;1-2(3)4;;;;;1-3-2;2*1-2;/h6*1-15H;5*1-2H3;3-4H,1H3;2*1H;;;;;;1H2/q;;;;;;;;;;;;;;;+2;;;;/p-2. The third-order valence-corrected chi connectivity index (χ3v) is 32.9. The number of halogens is 2. The van der Waals surface area contributed by atoms with E-state index in [1.807, 2.05) is 69.2 Å². The second kappa shape index (κ2) is 87.9. The minimum absolute atomic E-state index is 0. The van der Waals surface area contributed by atoms with Crippen LogP contribution in [-0.2, 0) is 112 Å². The zero-order valence-corrected chi connectivity index (χ0v) is 97.6. The van der Waals surface area contributed by atoms with Gasteiger partial charge in [0.2, 0.25) is 0 Å². The average Bonchev–Trinajstić information content (AvgIpc) is 0.849. The Morgan fingerprint density at radius 2 is 0.214 bits per heavy atom. The van der Waals surface area contributed by atoms with Crippen LogP contribution in [0.1, 0.15) is 69.2 Å². The van der Waals surface area contributed by atoms with Crippen LogP contribution < -0.4 is 95.5 Å². The van der Waals surface area contributed by atoms with Crippen LogP contribution in [0, 0.1) is 0 Å². The number of rotatable bonds is 18. The molecule has 18 aromatic carbocycles. The second-order valence-corrected chi connectivity index (χ2v) is 44.2. The van der Waals surface area contributed by atoms with Crippen molar-refractivity contribution in [3.05, 3.63) is 546 Å². The summed E-state index contributed by atoms with van der Waals surface area (Å²) in [6.45, 7) is 21.3. The second-order valence-electron chi connectivity index (χ2n) is 26.8. The van der Waals surface area contributed by atoms with Crippen LogP contribution in [-0.4, -0.2) is 17.2 Å². The van der Waals surface area contributed by atoms with Gasteiger partial charge in [-0.1, -0.05) is 615 Å². The van der Waals surface area contributed by atoms with Crippen LogP contribution in [0.3, 0.4) is 0 Å². The van der Waals surface area contributed by atoms with Gasteiger partial charge in [-0.25, -0.2) is 0 Å². The molecule has 0 unspecified atom stereocenters. The maximum atomic E-state index is 7.61. The summed E-state index contributed by atoms with van der Waals surface area (Å²) >= 11 is 22.8. The van der Waals surface area contributed by atoms with Gasteiger partial charge in [-0.3, -0.25) is 0 Å². The van der Waals surface area contributed by atoms with Gasteiger partial charge in [0.25, 0.3) is 0 Å². The Kier molecular flexibility index (Phi) is 81.8. The van der Waals surface area contributed by atoms with Gasteiger partial charge in [-0.05, 0) is 150 Å². The first kappa shape index (κ1) is 130. The molecule has 0 fully saturated rings. The van der Waals surface area contributed by atoms with E-state index in [2.05, 4.69) is 613 Å². The molecular formula is C119H127BCl2O2P6Pd2S8. The van der Waals surface area contributed by atoms with E-state index in [0.717, 1.165) is 8.88 Å². The molecule has 140 heavy (non-hydrogen) atoms. The predicted octanol–water partition coefficient (Wildman–Crippen LogP) is 26.4. The van der Waals surface area contributed by atoms with Crippen molar-refractivity contribution in [2.75, 3.05) is 0 Å². The van der Waals surface area contributed by atoms with E-state index < -0.39 is 54.6 Å². The summed E-state index contributed by atoms with van der Waals surface area (Å²) < 4.78 is 0. The van der Waals surface area contributed by atoms with E-state index in [-0.39, 0.29) is 49.9 Å². The predicted molar refractivity (Wildman–Crippen MR) is 657 cm³/mol. The van der Waals surface area contributed by atoms with E-state index in [0.29, 0.717) is 0 Å². The smallest absolute Gasteiger partial charge is 0 e. The number of hydrogen-bond acceptors (Lipinski definition) is 8. The summed E-state index contributed by atoms with van der Waals surface area (Å²) in [5.41, 5.74) is 0. The average molecular weight is 2330 g/mol. The topological polar surface area (TPSA) is 40.5 Å².